The van der Waals surface area contributed by atoms with Gasteiger partial charge in [0.2, 0.25) is 0 Å². The van der Waals surface area contributed by atoms with Gasteiger partial charge in [0.1, 0.15) is 0 Å². The number of aromatic nitrogens is 4. The number of hydrogen-bond donors (Lipinski definition) is 0. The fourth-order valence-electron chi connectivity index (χ4n) is 7.70. The molecule has 0 radical (unpaired) electrons. The molecule has 10 aromatic rings. The van der Waals surface area contributed by atoms with Gasteiger partial charge in [-0.2, -0.15) is 0 Å². The summed E-state index contributed by atoms with van der Waals surface area (Å²) in [5, 5.41) is 4.79. The molecule has 0 unspecified atom stereocenters. The molecule has 0 amide bonds. The number of fused-ring (bicyclic) bond motifs is 4. The quantitative estimate of drug-likeness (QED) is 0.176. The molecule has 248 valence electrons. The molecule has 0 spiro atoms. The Bertz CT molecular complexity index is 2930. The maximum atomic E-state index is 5.24. The topological polar surface area (TPSA) is 43.6 Å². The minimum absolute atomic E-state index is 0.691. The maximum Gasteiger partial charge on any atom is 0.160 e. The lowest BCUT2D eigenvalue weighted by atomic mass is 9.91. The van der Waals surface area contributed by atoms with E-state index in [9.17, 15) is 0 Å². The zero-order valence-corrected chi connectivity index (χ0v) is 28.8. The van der Waals surface area contributed by atoms with E-state index in [4.69, 9.17) is 9.97 Å². The van der Waals surface area contributed by atoms with Crippen molar-refractivity contribution >= 4 is 32.6 Å². The fourth-order valence-corrected chi connectivity index (χ4v) is 7.70. The second-order valence-electron chi connectivity index (χ2n) is 13.2. The summed E-state index contributed by atoms with van der Waals surface area (Å²) in [6.45, 7) is 0. The monoisotopic (exact) mass is 676 g/mol. The summed E-state index contributed by atoms with van der Waals surface area (Å²) in [5.41, 5.74) is 12.9. The van der Waals surface area contributed by atoms with Crippen LogP contribution in [-0.4, -0.2) is 19.5 Å². The lowest BCUT2D eigenvalue weighted by Crippen LogP contribution is -1.97. The highest BCUT2D eigenvalue weighted by atomic mass is 15.0. The van der Waals surface area contributed by atoms with Gasteiger partial charge < -0.3 is 4.57 Å². The molecule has 53 heavy (non-hydrogen) atoms. The molecule has 10 rings (SSSR count). The van der Waals surface area contributed by atoms with Gasteiger partial charge in [-0.3, -0.25) is 4.98 Å². The second-order valence-corrected chi connectivity index (χ2v) is 13.2. The third kappa shape index (κ3) is 5.36. The van der Waals surface area contributed by atoms with Gasteiger partial charge in [-0.05, 0) is 69.9 Å². The van der Waals surface area contributed by atoms with Crippen molar-refractivity contribution in [3.8, 4) is 61.8 Å². The molecule has 0 saturated carbocycles. The molecule has 0 saturated heterocycles. The Labute approximate surface area is 307 Å². The highest BCUT2D eigenvalue weighted by Gasteiger charge is 2.19. The van der Waals surface area contributed by atoms with Crippen LogP contribution in [0.2, 0.25) is 0 Å². The molecular formula is C49H32N4. The van der Waals surface area contributed by atoms with Crippen LogP contribution in [0.3, 0.4) is 0 Å². The third-order valence-electron chi connectivity index (χ3n) is 10.1. The van der Waals surface area contributed by atoms with Crippen LogP contribution in [0.15, 0.2) is 194 Å². The van der Waals surface area contributed by atoms with E-state index in [2.05, 4.69) is 167 Å². The first-order valence-corrected chi connectivity index (χ1v) is 17.9. The van der Waals surface area contributed by atoms with Gasteiger partial charge in [0.15, 0.2) is 5.82 Å². The summed E-state index contributed by atoms with van der Waals surface area (Å²) in [5.74, 6) is 0.691. The summed E-state index contributed by atoms with van der Waals surface area (Å²) in [7, 11) is 0. The van der Waals surface area contributed by atoms with Crippen LogP contribution in [0.1, 0.15) is 0 Å². The minimum Gasteiger partial charge on any atom is -0.309 e. The number of rotatable bonds is 6. The molecule has 3 aromatic heterocycles. The molecular weight excluding hydrogens is 645 g/mol. The van der Waals surface area contributed by atoms with Gasteiger partial charge in [0, 0.05) is 51.1 Å². The summed E-state index contributed by atoms with van der Waals surface area (Å²) in [6.07, 6.45) is 3.70. The van der Waals surface area contributed by atoms with E-state index in [0.29, 0.717) is 5.82 Å². The fraction of sp³-hybridized carbons (Fsp3) is 0. The first-order chi connectivity index (χ1) is 26.3. The standard InChI is InChI=1S/C49H32N4/c1-3-14-33(15-4-1)49-51-44(35-17-11-16-34(30-35)36-18-13-29-50-32-36)31-45(52-49)41-28-27-40(38-21-7-8-22-39(38)41)42-24-12-26-47-48(42)43-23-9-10-25-46(43)53(47)37-19-5-2-6-20-37/h1-32H. The van der Waals surface area contributed by atoms with E-state index in [1.165, 1.54) is 38.3 Å². The van der Waals surface area contributed by atoms with E-state index >= 15 is 0 Å². The number of para-hydroxylation sites is 2. The normalized spacial score (nSPS) is 11.4. The smallest absolute Gasteiger partial charge is 0.160 e. The Morgan fingerprint density at radius 1 is 0.377 bits per heavy atom. The average molecular weight is 677 g/mol. The number of pyridine rings is 1. The van der Waals surface area contributed by atoms with E-state index in [1.807, 2.05) is 30.5 Å². The van der Waals surface area contributed by atoms with Gasteiger partial charge in [0.25, 0.3) is 0 Å². The van der Waals surface area contributed by atoms with E-state index < -0.39 is 0 Å². The van der Waals surface area contributed by atoms with Gasteiger partial charge in [-0.25, -0.2) is 9.97 Å². The SMILES string of the molecule is c1ccc(-c2nc(-c3cccc(-c4cccnc4)c3)cc(-c3ccc(-c4cccc5c4c4ccccc4n5-c4ccccc4)c4ccccc34)n2)cc1. The lowest BCUT2D eigenvalue weighted by molar-refractivity contribution is 1.18. The van der Waals surface area contributed by atoms with Gasteiger partial charge in [0.05, 0.1) is 22.4 Å². The molecule has 0 bridgehead atoms. The molecule has 4 nitrogen and oxygen atoms in total. The van der Waals surface area contributed by atoms with Crippen LogP contribution in [0.4, 0.5) is 0 Å². The Hall–Kier alpha value is -7.17. The highest BCUT2D eigenvalue weighted by Crippen LogP contribution is 2.43. The molecule has 4 heteroatoms. The Morgan fingerprint density at radius 2 is 1.00 bits per heavy atom. The first-order valence-electron chi connectivity index (χ1n) is 17.9. The molecule has 0 aliphatic heterocycles. The summed E-state index contributed by atoms with van der Waals surface area (Å²) in [6, 6.07) is 64.2. The van der Waals surface area contributed by atoms with Crippen LogP contribution in [-0.2, 0) is 0 Å². The maximum absolute atomic E-state index is 5.24. The van der Waals surface area contributed by atoms with E-state index in [0.717, 1.165) is 50.3 Å². The van der Waals surface area contributed by atoms with Crippen molar-refractivity contribution in [2.24, 2.45) is 0 Å². The van der Waals surface area contributed by atoms with Gasteiger partial charge in [-0.15, -0.1) is 0 Å². The van der Waals surface area contributed by atoms with Crippen LogP contribution >= 0.6 is 0 Å². The molecule has 0 N–H and O–H groups in total. The molecule has 0 aliphatic carbocycles. The van der Waals surface area contributed by atoms with Crippen LogP contribution < -0.4 is 0 Å². The van der Waals surface area contributed by atoms with E-state index in [1.54, 1.807) is 6.20 Å². The molecule has 0 atom stereocenters. The average Bonchev–Trinajstić information content (AvgIpc) is 3.59. The first kappa shape index (κ1) is 30.6. The van der Waals surface area contributed by atoms with Crippen LogP contribution in [0, 0.1) is 0 Å². The lowest BCUT2D eigenvalue weighted by Gasteiger charge is -2.15. The zero-order valence-electron chi connectivity index (χ0n) is 28.8. The Morgan fingerprint density at radius 3 is 1.81 bits per heavy atom. The molecule has 7 aromatic carbocycles. The van der Waals surface area contributed by atoms with Gasteiger partial charge in [-0.1, -0.05) is 140 Å². The van der Waals surface area contributed by atoms with Gasteiger partial charge >= 0.3 is 0 Å². The van der Waals surface area contributed by atoms with Crippen molar-refractivity contribution in [1.82, 2.24) is 19.5 Å². The van der Waals surface area contributed by atoms with Crippen molar-refractivity contribution in [3.63, 3.8) is 0 Å². The Balaban J connectivity index is 1.18. The third-order valence-corrected chi connectivity index (χ3v) is 10.1. The number of benzene rings is 7. The number of nitrogens with zero attached hydrogens (tertiary/aromatic N) is 4. The number of hydrogen-bond acceptors (Lipinski definition) is 3. The summed E-state index contributed by atoms with van der Waals surface area (Å²) >= 11 is 0. The molecule has 0 aliphatic rings. The Kier molecular flexibility index (Phi) is 7.43. The summed E-state index contributed by atoms with van der Waals surface area (Å²) in [4.78, 5) is 14.7. The van der Waals surface area contributed by atoms with Crippen molar-refractivity contribution < 1.29 is 0 Å². The van der Waals surface area contributed by atoms with E-state index in [-0.39, 0.29) is 0 Å². The van der Waals surface area contributed by atoms with Crippen molar-refractivity contribution in [3.05, 3.63) is 194 Å². The largest absolute Gasteiger partial charge is 0.309 e. The molecule has 0 fully saturated rings. The van der Waals surface area contributed by atoms with Crippen LogP contribution in [0.5, 0.6) is 0 Å². The minimum atomic E-state index is 0.691. The van der Waals surface area contributed by atoms with Crippen LogP contribution in [0.25, 0.3) is 94.4 Å². The van der Waals surface area contributed by atoms with Crippen molar-refractivity contribution in [1.29, 1.82) is 0 Å². The van der Waals surface area contributed by atoms with Crippen molar-refractivity contribution in [2.45, 2.75) is 0 Å². The summed E-state index contributed by atoms with van der Waals surface area (Å²) < 4.78 is 2.38. The van der Waals surface area contributed by atoms with Crippen molar-refractivity contribution in [2.75, 3.05) is 0 Å². The highest BCUT2D eigenvalue weighted by molar-refractivity contribution is 6.18. The zero-order chi connectivity index (χ0) is 35.1. The predicted octanol–water partition coefficient (Wildman–Crippen LogP) is 12.5. The predicted molar refractivity (Wildman–Crippen MR) is 219 cm³/mol. The second kappa shape index (κ2) is 12.9. The molecule has 3 heterocycles.